The van der Waals surface area contributed by atoms with Gasteiger partial charge in [-0.1, -0.05) is 29.8 Å². The second-order valence-electron chi connectivity index (χ2n) is 3.64. The first kappa shape index (κ1) is 11.0. The second kappa shape index (κ2) is 5.03. The average Bonchev–Trinajstić information content (AvgIpc) is 2.76. The van der Waals surface area contributed by atoms with Crippen molar-refractivity contribution in [1.82, 2.24) is 5.48 Å². The maximum Gasteiger partial charge on any atom is 0.126 e. The van der Waals surface area contributed by atoms with Gasteiger partial charge in [-0.2, -0.15) is 0 Å². The van der Waals surface area contributed by atoms with Crippen LogP contribution >= 0.6 is 12.2 Å². The Morgan fingerprint density at radius 3 is 2.88 bits per heavy atom. The molecule has 1 aromatic carbocycles. The molecule has 1 atom stereocenters. The molecule has 0 saturated heterocycles. The quantitative estimate of drug-likeness (QED) is 0.641. The van der Waals surface area contributed by atoms with E-state index >= 15 is 0 Å². The van der Waals surface area contributed by atoms with Crippen LogP contribution in [-0.4, -0.2) is 17.8 Å². The third kappa shape index (κ3) is 2.55. The fraction of sp³-hybridized carbons (Fsp3) is 0.250. The Hall–Kier alpha value is -1.48. The van der Waals surface area contributed by atoms with Crippen LogP contribution in [0.15, 0.2) is 35.3 Å². The lowest BCUT2D eigenvalue weighted by Gasteiger charge is -2.04. The molecule has 1 aromatic rings. The second-order valence-corrected chi connectivity index (χ2v) is 3.82. The van der Waals surface area contributed by atoms with E-state index in [9.17, 15) is 0 Å². The Balaban J connectivity index is 2.11. The van der Waals surface area contributed by atoms with Crippen molar-refractivity contribution in [2.75, 3.05) is 6.54 Å². The zero-order valence-electron chi connectivity index (χ0n) is 8.93. The zero-order chi connectivity index (χ0) is 11.4. The SMILES string of the molecule is Cc1ccc(C2=CC(CN=C=S)ON2)cc1. The molecule has 3 nitrogen and oxygen atoms in total. The molecule has 0 amide bonds. The summed E-state index contributed by atoms with van der Waals surface area (Å²) < 4.78 is 0. The van der Waals surface area contributed by atoms with Crippen molar-refractivity contribution in [3.8, 4) is 0 Å². The molecule has 16 heavy (non-hydrogen) atoms. The molecule has 0 saturated carbocycles. The number of hydrogen-bond acceptors (Lipinski definition) is 4. The van der Waals surface area contributed by atoms with Crippen molar-refractivity contribution >= 4 is 23.1 Å². The summed E-state index contributed by atoms with van der Waals surface area (Å²) in [5.41, 5.74) is 6.22. The van der Waals surface area contributed by atoms with E-state index in [4.69, 9.17) is 4.84 Å². The Bertz CT molecular complexity index is 447. The molecule has 0 aromatic heterocycles. The van der Waals surface area contributed by atoms with Crippen LogP contribution < -0.4 is 5.48 Å². The summed E-state index contributed by atoms with van der Waals surface area (Å²) in [6, 6.07) is 8.26. The number of isothiocyanates is 1. The Kier molecular flexibility index (Phi) is 3.47. The van der Waals surface area contributed by atoms with Crippen LogP contribution in [0.3, 0.4) is 0 Å². The van der Waals surface area contributed by atoms with Crippen LogP contribution in [0.4, 0.5) is 0 Å². The van der Waals surface area contributed by atoms with Gasteiger partial charge in [0.15, 0.2) is 0 Å². The average molecular weight is 232 g/mol. The molecule has 1 unspecified atom stereocenters. The minimum atomic E-state index is -0.0632. The number of aliphatic imine (C=N–C) groups is 1. The number of aryl methyl sites for hydroxylation is 1. The van der Waals surface area contributed by atoms with Crippen molar-refractivity contribution < 1.29 is 4.84 Å². The number of benzene rings is 1. The molecule has 1 aliphatic rings. The van der Waals surface area contributed by atoms with Crippen LogP contribution in [0.25, 0.3) is 5.70 Å². The minimum absolute atomic E-state index is 0.0632. The third-order valence-corrected chi connectivity index (χ3v) is 2.50. The molecule has 1 aliphatic heterocycles. The van der Waals surface area contributed by atoms with Gasteiger partial charge in [0.05, 0.1) is 17.4 Å². The Labute approximate surface area is 99.8 Å². The van der Waals surface area contributed by atoms with Crippen LogP contribution in [0.5, 0.6) is 0 Å². The lowest BCUT2D eigenvalue weighted by molar-refractivity contribution is 0.0571. The summed E-state index contributed by atoms with van der Waals surface area (Å²) in [5, 5.41) is 2.33. The summed E-state index contributed by atoms with van der Waals surface area (Å²) in [6.45, 7) is 2.57. The van der Waals surface area contributed by atoms with Crippen LogP contribution in [0.1, 0.15) is 11.1 Å². The highest BCUT2D eigenvalue weighted by atomic mass is 32.1. The van der Waals surface area contributed by atoms with Gasteiger partial charge in [0, 0.05) is 0 Å². The standard InChI is InChI=1S/C12H12N2OS/c1-9-2-4-10(5-3-9)12-6-11(15-14-12)7-13-8-16/h2-6,11,14H,7H2,1H3. The predicted octanol–water partition coefficient (Wildman–Crippen LogP) is 2.34. The van der Waals surface area contributed by atoms with E-state index in [2.05, 4.69) is 59.0 Å². The molecule has 0 radical (unpaired) electrons. The number of thiocarbonyl (C=S) groups is 1. The highest BCUT2D eigenvalue weighted by Gasteiger charge is 2.16. The predicted molar refractivity (Wildman–Crippen MR) is 67.1 cm³/mol. The van der Waals surface area contributed by atoms with Crippen molar-refractivity contribution in [3.05, 3.63) is 41.5 Å². The molecule has 1 N–H and O–H groups in total. The van der Waals surface area contributed by atoms with Gasteiger partial charge in [-0.05, 0) is 30.8 Å². The summed E-state index contributed by atoms with van der Waals surface area (Å²) in [6.07, 6.45) is 1.94. The smallest absolute Gasteiger partial charge is 0.126 e. The lowest BCUT2D eigenvalue weighted by atomic mass is 10.1. The molecule has 0 spiro atoms. The Morgan fingerprint density at radius 2 is 2.19 bits per heavy atom. The van der Waals surface area contributed by atoms with Gasteiger partial charge in [0.2, 0.25) is 0 Å². The van der Waals surface area contributed by atoms with Gasteiger partial charge >= 0.3 is 0 Å². The number of nitrogens with one attached hydrogen (secondary N) is 1. The molecule has 2 rings (SSSR count). The van der Waals surface area contributed by atoms with E-state index in [0.717, 1.165) is 11.3 Å². The zero-order valence-corrected chi connectivity index (χ0v) is 9.75. The van der Waals surface area contributed by atoms with Crippen molar-refractivity contribution in [2.45, 2.75) is 13.0 Å². The van der Waals surface area contributed by atoms with Crippen molar-refractivity contribution in [1.29, 1.82) is 0 Å². The first-order chi connectivity index (χ1) is 7.79. The van der Waals surface area contributed by atoms with Gasteiger partial charge in [-0.3, -0.25) is 10.3 Å². The summed E-state index contributed by atoms with van der Waals surface area (Å²) in [5.74, 6) is 0. The normalized spacial score (nSPS) is 18.6. The summed E-state index contributed by atoms with van der Waals surface area (Å²) in [7, 11) is 0. The number of hydroxylamine groups is 1. The number of rotatable bonds is 3. The summed E-state index contributed by atoms with van der Waals surface area (Å²) in [4.78, 5) is 9.18. The maximum absolute atomic E-state index is 5.33. The van der Waals surface area contributed by atoms with E-state index in [-0.39, 0.29) is 6.10 Å². The van der Waals surface area contributed by atoms with E-state index in [1.54, 1.807) is 0 Å². The van der Waals surface area contributed by atoms with Crippen LogP contribution in [-0.2, 0) is 4.84 Å². The van der Waals surface area contributed by atoms with Gasteiger partial charge < -0.3 is 0 Å². The fourth-order valence-corrected chi connectivity index (χ4v) is 1.57. The monoisotopic (exact) mass is 232 g/mol. The third-order valence-electron chi connectivity index (χ3n) is 2.37. The van der Waals surface area contributed by atoms with Gasteiger partial charge in [-0.25, -0.2) is 4.99 Å². The molecule has 0 fully saturated rings. The highest BCUT2D eigenvalue weighted by molar-refractivity contribution is 7.78. The van der Waals surface area contributed by atoms with Crippen LogP contribution in [0.2, 0.25) is 0 Å². The minimum Gasteiger partial charge on any atom is -0.267 e. The van der Waals surface area contributed by atoms with Gasteiger partial charge in [0.1, 0.15) is 6.10 Å². The topological polar surface area (TPSA) is 33.6 Å². The van der Waals surface area contributed by atoms with E-state index in [1.807, 2.05) is 6.08 Å². The molecule has 4 heteroatoms. The lowest BCUT2D eigenvalue weighted by Crippen LogP contribution is -2.14. The Morgan fingerprint density at radius 1 is 1.44 bits per heavy atom. The molecule has 0 aliphatic carbocycles. The fourth-order valence-electron chi connectivity index (χ4n) is 1.50. The maximum atomic E-state index is 5.33. The van der Waals surface area contributed by atoms with Crippen LogP contribution in [0, 0.1) is 6.92 Å². The first-order valence-electron chi connectivity index (χ1n) is 5.04. The number of nitrogens with zero attached hydrogens (tertiary/aromatic N) is 1. The first-order valence-corrected chi connectivity index (χ1v) is 5.44. The molecule has 1 heterocycles. The molecule has 0 bridgehead atoms. The molecular weight excluding hydrogens is 220 g/mol. The highest BCUT2D eigenvalue weighted by Crippen LogP contribution is 2.18. The van der Waals surface area contributed by atoms with Gasteiger partial charge in [-0.15, -0.1) is 0 Å². The largest absolute Gasteiger partial charge is 0.267 e. The van der Waals surface area contributed by atoms with Crippen molar-refractivity contribution in [2.24, 2.45) is 4.99 Å². The van der Waals surface area contributed by atoms with Gasteiger partial charge in [0.25, 0.3) is 0 Å². The van der Waals surface area contributed by atoms with E-state index < -0.39 is 0 Å². The molecule has 82 valence electrons. The van der Waals surface area contributed by atoms with E-state index in [1.165, 1.54) is 5.56 Å². The number of hydrogen-bond donors (Lipinski definition) is 1. The van der Waals surface area contributed by atoms with Crippen molar-refractivity contribution in [3.63, 3.8) is 0 Å². The summed E-state index contributed by atoms with van der Waals surface area (Å²) >= 11 is 4.51. The van der Waals surface area contributed by atoms with E-state index in [0.29, 0.717) is 6.54 Å². The molecular formula is C12H12N2OS.